The maximum absolute atomic E-state index is 13.3. The van der Waals surface area contributed by atoms with Crippen LogP contribution in [0.5, 0.6) is 5.75 Å². The van der Waals surface area contributed by atoms with E-state index in [1.54, 1.807) is 24.1 Å². The van der Waals surface area contributed by atoms with Crippen molar-refractivity contribution in [2.75, 3.05) is 26.7 Å². The molecule has 8 nitrogen and oxygen atoms in total. The Morgan fingerprint density at radius 2 is 2.11 bits per heavy atom. The van der Waals surface area contributed by atoms with Crippen LogP contribution < -0.4 is 4.74 Å². The van der Waals surface area contributed by atoms with Gasteiger partial charge in [-0.1, -0.05) is 12.1 Å². The number of ether oxygens (including phenoxy) is 1. The fourth-order valence-electron chi connectivity index (χ4n) is 5.97. The van der Waals surface area contributed by atoms with Gasteiger partial charge in [-0.05, 0) is 44.4 Å². The van der Waals surface area contributed by atoms with Crippen molar-refractivity contribution in [3.05, 3.63) is 64.7 Å². The molecule has 1 amide bonds. The summed E-state index contributed by atoms with van der Waals surface area (Å²) in [4.78, 5) is 26.6. The van der Waals surface area contributed by atoms with E-state index >= 15 is 0 Å². The number of fused-ring (bicyclic) bond motifs is 9. The Morgan fingerprint density at radius 1 is 1.30 bits per heavy atom. The van der Waals surface area contributed by atoms with Gasteiger partial charge in [0, 0.05) is 60.7 Å². The summed E-state index contributed by atoms with van der Waals surface area (Å²) in [6.45, 7) is 2.69. The molecule has 6 rings (SSSR count). The van der Waals surface area contributed by atoms with Crippen LogP contribution in [0.3, 0.4) is 0 Å². The van der Waals surface area contributed by atoms with Crippen molar-refractivity contribution in [2.45, 2.75) is 50.8 Å². The highest BCUT2D eigenvalue weighted by Crippen LogP contribution is 2.52. The van der Waals surface area contributed by atoms with Gasteiger partial charge in [0.15, 0.2) is 0 Å². The van der Waals surface area contributed by atoms with E-state index in [1.807, 2.05) is 30.6 Å². The number of carbonyl (C=O) groups is 1. The smallest absolute Gasteiger partial charge is 0.387 e. The Kier molecular flexibility index (Phi) is 5.57. The van der Waals surface area contributed by atoms with E-state index in [0.29, 0.717) is 23.3 Å². The summed E-state index contributed by atoms with van der Waals surface area (Å²) < 4.78 is 33.5. The van der Waals surface area contributed by atoms with Crippen LogP contribution in [0, 0.1) is 0 Å². The number of halogens is 2. The molecule has 2 aromatic heterocycles. The molecule has 0 fully saturated rings. The van der Waals surface area contributed by atoms with Crippen LogP contribution in [0.15, 0.2) is 36.7 Å². The summed E-state index contributed by atoms with van der Waals surface area (Å²) in [6, 6.07) is 4.46. The van der Waals surface area contributed by atoms with Crippen molar-refractivity contribution in [2.24, 2.45) is 0 Å². The minimum absolute atomic E-state index is 0.0217. The van der Waals surface area contributed by atoms with Crippen LogP contribution in [0.25, 0.3) is 11.4 Å². The molecule has 2 aliphatic heterocycles. The Balaban J connectivity index is 1.46. The fourth-order valence-corrected chi connectivity index (χ4v) is 5.97. The largest absolute Gasteiger partial charge is 0.434 e. The first-order chi connectivity index (χ1) is 17.7. The predicted octanol–water partition coefficient (Wildman–Crippen LogP) is 3.85. The summed E-state index contributed by atoms with van der Waals surface area (Å²) in [5.74, 6) is -0.0405. The number of amides is 1. The molecule has 0 saturated heterocycles. The molecule has 0 saturated carbocycles. The first-order valence-electron chi connectivity index (χ1n) is 12.5. The van der Waals surface area contributed by atoms with Gasteiger partial charge in [0.25, 0.3) is 5.91 Å². The number of aliphatic hydroxyl groups excluding tert-OH is 1. The lowest BCUT2D eigenvalue weighted by Crippen LogP contribution is -2.48. The fraction of sp³-hybridized carbons (Fsp3) is 0.444. The van der Waals surface area contributed by atoms with Crippen LogP contribution in [-0.2, 0) is 0 Å². The molecule has 194 valence electrons. The second kappa shape index (κ2) is 8.59. The number of aromatic nitrogens is 3. The number of alkyl halides is 2. The molecule has 2 unspecified atom stereocenters. The number of nitrogens with zero attached hydrogens (tertiary/aromatic N) is 5. The average Bonchev–Trinajstić information content (AvgIpc) is 3.41. The van der Waals surface area contributed by atoms with E-state index in [-0.39, 0.29) is 35.8 Å². The van der Waals surface area contributed by atoms with E-state index in [1.165, 1.54) is 6.07 Å². The van der Waals surface area contributed by atoms with E-state index in [2.05, 4.69) is 16.0 Å². The van der Waals surface area contributed by atoms with Gasteiger partial charge in [-0.25, -0.2) is 9.97 Å². The monoisotopic (exact) mass is 509 g/mol. The van der Waals surface area contributed by atoms with Crippen LogP contribution in [0.2, 0.25) is 0 Å². The molecule has 1 aliphatic carbocycles. The van der Waals surface area contributed by atoms with Gasteiger partial charge in [0.1, 0.15) is 5.75 Å². The quantitative estimate of drug-likeness (QED) is 0.563. The Morgan fingerprint density at radius 3 is 2.81 bits per heavy atom. The zero-order valence-corrected chi connectivity index (χ0v) is 21.0. The molecule has 0 spiro atoms. The highest BCUT2D eigenvalue weighted by atomic mass is 19.3. The molecule has 1 N–H and O–H groups in total. The first-order valence-corrected chi connectivity index (χ1v) is 12.5. The molecule has 3 aliphatic rings. The van der Waals surface area contributed by atoms with Crippen molar-refractivity contribution in [3.63, 3.8) is 0 Å². The standard InChI is InChI=1S/C27H29F2N5O3/c1-27(2,14-35)33-9-7-15(8-10-33)16-12-30-26-31-22-19-11-18(23(22)34(26)13-16)21-17(24(36)32(19)3)5-4-6-20(21)37-25(28)29/h4-7,12-13,18-19,25,35H,8-11,14H2,1-3H3. The summed E-state index contributed by atoms with van der Waals surface area (Å²) in [6.07, 6.45) is 7.35. The molecular weight excluding hydrogens is 480 g/mol. The summed E-state index contributed by atoms with van der Waals surface area (Å²) in [5.41, 5.74) is 4.30. The third-order valence-corrected chi connectivity index (χ3v) is 8.12. The van der Waals surface area contributed by atoms with Gasteiger partial charge in [-0.15, -0.1) is 0 Å². The minimum Gasteiger partial charge on any atom is -0.434 e. The normalized spacial score (nSPS) is 21.8. The number of hydrogen-bond donors (Lipinski definition) is 1. The topological polar surface area (TPSA) is 83.2 Å². The van der Waals surface area contributed by atoms with Crippen LogP contribution in [0.4, 0.5) is 8.78 Å². The van der Waals surface area contributed by atoms with Gasteiger partial charge < -0.3 is 14.7 Å². The van der Waals surface area contributed by atoms with Crippen LogP contribution >= 0.6 is 0 Å². The molecular formula is C27H29F2N5O3. The lowest BCUT2D eigenvalue weighted by atomic mass is 9.91. The molecule has 2 bridgehead atoms. The zero-order valence-electron chi connectivity index (χ0n) is 21.0. The molecule has 10 heteroatoms. The Hall–Kier alpha value is -3.37. The van der Waals surface area contributed by atoms with Crippen LogP contribution in [0.1, 0.15) is 71.5 Å². The lowest BCUT2D eigenvalue weighted by Gasteiger charge is -2.39. The van der Waals surface area contributed by atoms with Gasteiger partial charge in [-0.2, -0.15) is 8.78 Å². The number of imidazole rings is 1. The van der Waals surface area contributed by atoms with Gasteiger partial charge in [0.05, 0.1) is 24.0 Å². The Labute approximate surface area is 213 Å². The van der Waals surface area contributed by atoms with E-state index in [9.17, 15) is 18.7 Å². The van der Waals surface area contributed by atoms with Crippen molar-refractivity contribution in [3.8, 4) is 5.75 Å². The van der Waals surface area contributed by atoms with Crippen molar-refractivity contribution < 1.29 is 23.4 Å². The van der Waals surface area contributed by atoms with E-state index in [4.69, 9.17) is 9.72 Å². The minimum atomic E-state index is -3.00. The number of carbonyl (C=O) groups excluding carboxylic acids is 1. The molecule has 3 aromatic rings. The maximum atomic E-state index is 13.3. The van der Waals surface area contributed by atoms with Gasteiger partial charge in [-0.3, -0.25) is 14.1 Å². The maximum Gasteiger partial charge on any atom is 0.387 e. The van der Waals surface area contributed by atoms with Crippen molar-refractivity contribution in [1.29, 1.82) is 0 Å². The average molecular weight is 510 g/mol. The second-order valence-electron chi connectivity index (χ2n) is 10.6. The van der Waals surface area contributed by atoms with Gasteiger partial charge >= 0.3 is 6.61 Å². The van der Waals surface area contributed by atoms with Crippen molar-refractivity contribution >= 4 is 17.3 Å². The number of aliphatic hydroxyl groups is 1. The molecule has 37 heavy (non-hydrogen) atoms. The molecule has 4 heterocycles. The SMILES string of the molecule is CN1C(=O)c2cccc(OC(F)F)c2C2CC1c1nc3ncc(C4=CCN(C(C)(C)CO)CC4)cn3c12. The number of rotatable bonds is 5. The predicted molar refractivity (Wildman–Crippen MR) is 133 cm³/mol. The van der Waals surface area contributed by atoms with E-state index < -0.39 is 6.61 Å². The van der Waals surface area contributed by atoms with Crippen molar-refractivity contribution in [1.82, 2.24) is 24.2 Å². The second-order valence-corrected chi connectivity index (χ2v) is 10.6. The highest BCUT2D eigenvalue weighted by molar-refractivity contribution is 5.98. The highest BCUT2D eigenvalue weighted by Gasteiger charge is 2.46. The summed E-state index contributed by atoms with van der Waals surface area (Å²) in [5, 5.41) is 9.72. The molecule has 1 aromatic carbocycles. The third kappa shape index (κ3) is 3.73. The number of hydrogen-bond acceptors (Lipinski definition) is 6. The van der Waals surface area contributed by atoms with Gasteiger partial charge in [0.2, 0.25) is 5.78 Å². The third-order valence-electron chi connectivity index (χ3n) is 8.12. The van der Waals surface area contributed by atoms with E-state index in [0.717, 1.165) is 42.0 Å². The molecule has 0 radical (unpaired) electrons. The molecule has 2 atom stereocenters. The Bertz CT molecular complexity index is 1430. The first kappa shape index (κ1) is 24.0. The van der Waals surface area contributed by atoms with Crippen LogP contribution in [-0.4, -0.2) is 74.1 Å². The number of benzene rings is 1. The summed E-state index contributed by atoms with van der Waals surface area (Å²) in [7, 11) is 1.73. The summed E-state index contributed by atoms with van der Waals surface area (Å²) >= 11 is 0. The lowest BCUT2D eigenvalue weighted by molar-refractivity contribution is -0.0506. The zero-order chi connectivity index (χ0) is 26.1.